The number of ether oxygens (including phenoxy) is 1. The van der Waals surface area contributed by atoms with Gasteiger partial charge in [-0.25, -0.2) is 0 Å². The lowest BCUT2D eigenvalue weighted by molar-refractivity contribution is -0.137. The Balaban J connectivity index is 2.15. The zero-order chi connectivity index (χ0) is 18.1. The number of carboxylic acid groups (broad SMARTS) is 1. The molecule has 0 aliphatic heterocycles. The van der Waals surface area contributed by atoms with Gasteiger partial charge in [-0.2, -0.15) is 0 Å². The van der Waals surface area contributed by atoms with E-state index in [9.17, 15) is 9.59 Å². The van der Waals surface area contributed by atoms with Crippen LogP contribution in [-0.2, 0) is 11.3 Å². The summed E-state index contributed by atoms with van der Waals surface area (Å²) in [5, 5.41) is 8.85. The molecule has 2 rings (SSSR count). The second-order valence-corrected chi connectivity index (χ2v) is 5.67. The van der Waals surface area contributed by atoms with E-state index in [1.807, 2.05) is 43.3 Å². The molecule has 0 aliphatic rings. The number of carbonyl (C=O) groups excluding carboxylic acids is 1. The van der Waals surface area contributed by atoms with Gasteiger partial charge in [0.05, 0.1) is 6.61 Å². The molecule has 0 radical (unpaired) electrons. The van der Waals surface area contributed by atoms with Crippen molar-refractivity contribution in [3.63, 3.8) is 0 Å². The van der Waals surface area contributed by atoms with Crippen molar-refractivity contribution in [2.24, 2.45) is 0 Å². The molecular weight excluding hydrogens is 318 g/mol. The highest BCUT2D eigenvalue weighted by Crippen LogP contribution is 2.17. The Morgan fingerprint density at radius 1 is 1.08 bits per heavy atom. The molecule has 25 heavy (non-hydrogen) atoms. The van der Waals surface area contributed by atoms with E-state index in [0.717, 1.165) is 5.56 Å². The van der Waals surface area contributed by atoms with E-state index in [0.29, 0.717) is 37.4 Å². The van der Waals surface area contributed by atoms with Crippen molar-refractivity contribution in [3.8, 4) is 5.75 Å². The summed E-state index contributed by atoms with van der Waals surface area (Å²) < 4.78 is 5.46. The largest absolute Gasteiger partial charge is 0.494 e. The molecule has 2 aromatic rings. The molecule has 0 bridgehead atoms. The Morgan fingerprint density at radius 2 is 1.84 bits per heavy atom. The summed E-state index contributed by atoms with van der Waals surface area (Å²) >= 11 is 0. The van der Waals surface area contributed by atoms with Gasteiger partial charge in [-0.05, 0) is 37.1 Å². The van der Waals surface area contributed by atoms with Crippen molar-refractivity contribution in [2.75, 3.05) is 13.2 Å². The Hall–Kier alpha value is -2.82. The third-order valence-corrected chi connectivity index (χ3v) is 3.71. The van der Waals surface area contributed by atoms with Gasteiger partial charge in [0.1, 0.15) is 5.75 Å². The first-order chi connectivity index (χ1) is 12.1. The molecule has 0 spiro atoms. The van der Waals surface area contributed by atoms with Crippen LogP contribution in [0.1, 0.15) is 35.7 Å². The second-order valence-electron chi connectivity index (χ2n) is 5.67. The summed E-state index contributed by atoms with van der Waals surface area (Å²) in [5.74, 6) is -0.334. The van der Waals surface area contributed by atoms with E-state index >= 15 is 0 Å². The molecule has 0 saturated heterocycles. The Kier molecular flexibility index (Phi) is 7.01. The predicted octanol–water partition coefficient (Wildman–Crippen LogP) is 3.59. The fourth-order valence-corrected chi connectivity index (χ4v) is 2.55. The molecule has 132 valence electrons. The van der Waals surface area contributed by atoms with Gasteiger partial charge in [0, 0.05) is 25.1 Å². The minimum absolute atomic E-state index is 0.0392. The number of benzene rings is 2. The van der Waals surface area contributed by atoms with Gasteiger partial charge in [0.25, 0.3) is 5.91 Å². The van der Waals surface area contributed by atoms with Gasteiger partial charge in [0.15, 0.2) is 0 Å². The monoisotopic (exact) mass is 341 g/mol. The average Bonchev–Trinajstić information content (AvgIpc) is 2.61. The lowest BCUT2D eigenvalue weighted by atomic mass is 10.1. The summed E-state index contributed by atoms with van der Waals surface area (Å²) in [7, 11) is 0. The molecule has 5 nitrogen and oxygen atoms in total. The van der Waals surface area contributed by atoms with Gasteiger partial charge in [0.2, 0.25) is 0 Å². The van der Waals surface area contributed by atoms with Crippen LogP contribution in [0.3, 0.4) is 0 Å². The number of hydrogen-bond donors (Lipinski definition) is 1. The number of aliphatic carboxylic acids is 1. The highest BCUT2D eigenvalue weighted by atomic mass is 16.5. The number of carbonyl (C=O) groups is 2. The van der Waals surface area contributed by atoms with Crippen molar-refractivity contribution in [2.45, 2.75) is 26.3 Å². The molecule has 0 aliphatic carbocycles. The van der Waals surface area contributed by atoms with E-state index in [2.05, 4.69) is 0 Å². The Labute approximate surface area is 147 Å². The van der Waals surface area contributed by atoms with Gasteiger partial charge < -0.3 is 14.7 Å². The first-order valence-corrected chi connectivity index (χ1v) is 8.38. The smallest absolute Gasteiger partial charge is 0.303 e. The van der Waals surface area contributed by atoms with Crippen LogP contribution in [0.5, 0.6) is 5.75 Å². The first kappa shape index (κ1) is 18.5. The Morgan fingerprint density at radius 3 is 2.52 bits per heavy atom. The Bertz CT molecular complexity index is 700. The summed E-state index contributed by atoms with van der Waals surface area (Å²) in [4.78, 5) is 25.4. The maximum atomic E-state index is 12.9. The van der Waals surface area contributed by atoms with Crippen molar-refractivity contribution in [1.29, 1.82) is 0 Å². The van der Waals surface area contributed by atoms with E-state index in [1.165, 1.54) is 0 Å². The van der Waals surface area contributed by atoms with Crippen molar-refractivity contribution < 1.29 is 19.4 Å². The standard InChI is InChI=1S/C20H23NO4/c1-2-25-18-11-6-10-17(14-18)20(24)21(13-7-12-19(22)23)15-16-8-4-3-5-9-16/h3-6,8-11,14H,2,7,12-13,15H2,1H3,(H,22,23). The van der Waals surface area contributed by atoms with Gasteiger partial charge in [-0.3, -0.25) is 9.59 Å². The summed E-state index contributed by atoms with van der Waals surface area (Å²) in [6.45, 7) is 3.25. The lowest BCUT2D eigenvalue weighted by Crippen LogP contribution is -2.31. The number of amides is 1. The van der Waals surface area contributed by atoms with Crippen LogP contribution in [0.4, 0.5) is 0 Å². The molecule has 0 unspecified atom stereocenters. The predicted molar refractivity (Wildman–Crippen MR) is 95.7 cm³/mol. The minimum atomic E-state index is -0.856. The molecule has 1 amide bonds. The zero-order valence-corrected chi connectivity index (χ0v) is 14.4. The molecule has 0 saturated carbocycles. The van der Waals surface area contributed by atoms with Crippen molar-refractivity contribution >= 4 is 11.9 Å². The van der Waals surface area contributed by atoms with Crippen LogP contribution < -0.4 is 4.74 Å². The van der Waals surface area contributed by atoms with Gasteiger partial charge in [-0.1, -0.05) is 36.4 Å². The second kappa shape index (κ2) is 9.47. The molecule has 0 fully saturated rings. The quantitative estimate of drug-likeness (QED) is 0.757. The zero-order valence-electron chi connectivity index (χ0n) is 14.4. The molecule has 0 heterocycles. The number of rotatable bonds is 9. The molecule has 0 aromatic heterocycles. The van der Waals surface area contributed by atoms with Gasteiger partial charge >= 0.3 is 5.97 Å². The third kappa shape index (κ3) is 5.95. The highest BCUT2D eigenvalue weighted by molar-refractivity contribution is 5.94. The molecule has 2 aromatic carbocycles. The van der Waals surface area contributed by atoms with Crippen molar-refractivity contribution in [1.82, 2.24) is 4.90 Å². The van der Waals surface area contributed by atoms with Crippen LogP contribution in [0, 0.1) is 0 Å². The lowest BCUT2D eigenvalue weighted by Gasteiger charge is -2.23. The van der Waals surface area contributed by atoms with Crippen LogP contribution in [0.15, 0.2) is 54.6 Å². The number of carboxylic acids is 1. The number of nitrogens with zero attached hydrogens (tertiary/aromatic N) is 1. The van der Waals surface area contributed by atoms with Crippen LogP contribution in [0.2, 0.25) is 0 Å². The molecule has 0 atom stereocenters. The third-order valence-electron chi connectivity index (χ3n) is 3.71. The summed E-state index contributed by atoms with van der Waals surface area (Å²) in [5.41, 5.74) is 1.55. The van der Waals surface area contributed by atoms with Crippen LogP contribution >= 0.6 is 0 Å². The average molecular weight is 341 g/mol. The molecule has 1 N–H and O–H groups in total. The topological polar surface area (TPSA) is 66.8 Å². The number of hydrogen-bond acceptors (Lipinski definition) is 3. The summed E-state index contributed by atoms with van der Waals surface area (Å²) in [6, 6.07) is 16.7. The van der Waals surface area contributed by atoms with Crippen LogP contribution in [-0.4, -0.2) is 35.0 Å². The minimum Gasteiger partial charge on any atom is -0.494 e. The highest BCUT2D eigenvalue weighted by Gasteiger charge is 2.17. The normalized spacial score (nSPS) is 10.3. The maximum Gasteiger partial charge on any atom is 0.303 e. The summed E-state index contributed by atoms with van der Waals surface area (Å²) in [6.07, 6.45) is 0.455. The fourth-order valence-electron chi connectivity index (χ4n) is 2.55. The van der Waals surface area contributed by atoms with E-state index in [4.69, 9.17) is 9.84 Å². The van der Waals surface area contributed by atoms with Crippen molar-refractivity contribution in [3.05, 3.63) is 65.7 Å². The van der Waals surface area contributed by atoms with Crippen LogP contribution in [0.25, 0.3) is 0 Å². The fraction of sp³-hybridized carbons (Fsp3) is 0.300. The van der Waals surface area contributed by atoms with E-state index < -0.39 is 5.97 Å². The first-order valence-electron chi connectivity index (χ1n) is 8.38. The molecule has 5 heteroatoms. The van der Waals surface area contributed by atoms with E-state index in [-0.39, 0.29) is 12.3 Å². The molecular formula is C20H23NO4. The SMILES string of the molecule is CCOc1cccc(C(=O)N(CCCC(=O)O)Cc2ccccc2)c1. The van der Waals surface area contributed by atoms with E-state index in [1.54, 1.807) is 23.1 Å². The van der Waals surface area contributed by atoms with Gasteiger partial charge in [-0.15, -0.1) is 0 Å². The maximum absolute atomic E-state index is 12.9.